The predicted molar refractivity (Wildman–Crippen MR) is 93.1 cm³/mol. The first-order chi connectivity index (χ1) is 11.2. The molecule has 2 aliphatic carbocycles. The highest BCUT2D eigenvalue weighted by atomic mass is 32.2. The lowest BCUT2D eigenvalue weighted by atomic mass is 9.56. The molecule has 0 heterocycles. The SMILES string of the molecule is Cc1ccc(S(=O)(=O)O[C@@H]2CC[C@](C)(O)[C@@H]3C=CCC[C@]32C)cc1. The zero-order chi connectivity index (χ0) is 17.6. The molecule has 0 unspecified atom stereocenters. The van der Waals surface area contributed by atoms with Crippen LogP contribution in [0.1, 0.15) is 45.1 Å². The zero-order valence-electron chi connectivity index (χ0n) is 14.5. The van der Waals surface area contributed by atoms with E-state index in [1.807, 2.05) is 26.8 Å². The fourth-order valence-electron chi connectivity index (χ4n) is 4.26. The highest BCUT2D eigenvalue weighted by Crippen LogP contribution is 2.53. The van der Waals surface area contributed by atoms with Crippen molar-refractivity contribution in [3.05, 3.63) is 42.0 Å². The summed E-state index contributed by atoms with van der Waals surface area (Å²) >= 11 is 0. The van der Waals surface area contributed by atoms with Crippen LogP contribution in [0.2, 0.25) is 0 Å². The number of fused-ring (bicyclic) bond motifs is 1. The van der Waals surface area contributed by atoms with Gasteiger partial charge in [0.15, 0.2) is 0 Å². The number of hydrogen-bond acceptors (Lipinski definition) is 4. The second-order valence-corrected chi connectivity index (χ2v) is 9.27. The average molecular weight is 350 g/mol. The molecule has 0 radical (unpaired) electrons. The number of hydrogen-bond donors (Lipinski definition) is 1. The van der Waals surface area contributed by atoms with Gasteiger partial charge in [-0.15, -0.1) is 0 Å². The highest BCUT2D eigenvalue weighted by Gasteiger charge is 2.54. The van der Waals surface area contributed by atoms with Crippen molar-refractivity contribution in [2.75, 3.05) is 0 Å². The molecule has 1 aromatic rings. The van der Waals surface area contributed by atoms with Crippen molar-refractivity contribution in [1.82, 2.24) is 0 Å². The van der Waals surface area contributed by atoms with Gasteiger partial charge in [-0.1, -0.05) is 36.8 Å². The minimum Gasteiger partial charge on any atom is -0.390 e. The molecule has 3 rings (SSSR count). The lowest BCUT2D eigenvalue weighted by Gasteiger charge is -2.53. The lowest BCUT2D eigenvalue weighted by molar-refractivity contribution is -0.127. The van der Waals surface area contributed by atoms with Crippen LogP contribution in [0.3, 0.4) is 0 Å². The topological polar surface area (TPSA) is 63.6 Å². The number of aryl methyl sites for hydroxylation is 1. The van der Waals surface area contributed by atoms with E-state index in [0.29, 0.717) is 12.8 Å². The normalized spacial score (nSPS) is 36.3. The summed E-state index contributed by atoms with van der Waals surface area (Å²) in [6.07, 6.45) is 6.48. The standard InChI is InChI=1S/C19H26O4S/c1-14-7-9-15(10-8-14)24(21,22)23-17-11-13-19(3,20)16-6-4-5-12-18(16,17)2/h4,6-10,16-17,20H,5,11-13H2,1-3H3/t16-,17-,18-,19+/m1/s1. The van der Waals surface area contributed by atoms with E-state index in [1.54, 1.807) is 24.3 Å². The summed E-state index contributed by atoms with van der Waals surface area (Å²) in [6.45, 7) is 5.81. The lowest BCUT2D eigenvalue weighted by Crippen LogP contribution is -2.56. The summed E-state index contributed by atoms with van der Waals surface area (Å²) in [4.78, 5) is 0.192. The van der Waals surface area contributed by atoms with Gasteiger partial charge in [0.25, 0.3) is 10.1 Å². The monoisotopic (exact) mass is 350 g/mol. The molecule has 1 aromatic carbocycles. The maximum absolute atomic E-state index is 12.7. The van der Waals surface area contributed by atoms with E-state index in [4.69, 9.17) is 4.18 Å². The fourth-order valence-corrected chi connectivity index (χ4v) is 5.46. The van der Waals surface area contributed by atoms with Crippen molar-refractivity contribution in [3.63, 3.8) is 0 Å². The molecule has 1 saturated carbocycles. The van der Waals surface area contributed by atoms with Crippen molar-refractivity contribution in [2.45, 2.75) is 63.1 Å². The Morgan fingerprint density at radius 1 is 1.17 bits per heavy atom. The molecular formula is C19H26O4S. The Morgan fingerprint density at radius 2 is 1.83 bits per heavy atom. The molecule has 0 aromatic heterocycles. The van der Waals surface area contributed by atoms with Gasteiger partial charge in [0.05, 0.1) is 16.6 Å². The van der Waals surface area contributed by atoms with Crippen LogP contribution in [-0.2, 0) is 14.3 Å². The number of allylic oxidation sites excluding steroid dienone is 1. The number of benzene rings is 1. The van der Waals surface area contributed by atoms with E-state index in [1.165, 1.54) is 0 Å². The van der Waals surface area contributed by atoms with E-state index >= 15 is 0 Å². The molecule has 0 saturated heterocycles. The van der Waals surface area contributed by atoms with Crippen LogP contribution < -0.4 is 0 Å². The molecule has 0 bridgehead atoms. The van der Waals surface area contributed by atoms with Crippen molar-refractivity contribution < 1.29 is 17.7 Å². The van der Waals surface area contributed by atoms with Crippen LogP contribution in [0.4, 0.5) is 0 Å². The molecule has 1 N–H and O–H groups in total. The van der Waals surface area contributed by atoms with Gasteiger partial charge in [-0.2, -0.15) is 8.42 Å². The Labute approximate surface area is 144 Å². The zero-order valence-corrected chi connectivity index (χ0v) is 15.3. The third-order valence-electron chi connectivity index (χ3n) is 5.76. The van der Waals surface area contributed by atoms with Gasteiger partial charge in [0.2, 0.25) is 0 Å². The highest BCUT2D eigenvalue weighted by molar-refractivity contribution is 7.86. The molecule has 4 atom stereocenters. The summed E-state index contributed by atoms with van der Waals surface area (Å²) in [5.74, 6) is -0.0919. The Morgan fingerprint density at radius 3 is 2.50 bits per heavy atom. The van der Waals surface area contributed by atoms with Crippen LogP contribution in [0, 0.1) is 18.3 Å². The fraction of sp³-hybridized carbons (Fsp3) is 0.579. The van der Waals surface area contributed by atoms with Gasteiger partial charge in [-0.05, 0) is 51.7 Å². The first-order valence-electron chi connectivity index (χ1n) is 8.54. The first-order valence-corrected chi connectivity index (χ1v) is 9.95. The predicted octanol–water partition coefficient (Wildman–Crippen LogP) is 3.59. The number of aliphatic hydroxyl groups is 1. The Bertz CT molecular complexity index is 733. The van der Waals surface area contributed by atoms with Crippen LogP contribution in [-0.4, -0.2) is 25.2 Å². The maximum Gasteiger partial charge on any atom is 0.297 e. The molecule has 132 valence electrons. The quantitative estimate of drug-likeness (QED) is 0.668. The van der Waals surface area contributed by atoms with Gasteiger partial charge < -0.3 is 5.11 Å². The van der Waals surface area contributed by atoms with Crippen LogP contribution >= 0.6 is 0 Å². The molecule has 0 spiro atoms. The first kappa shape index (κ1) is 17.6. The molecule has 5 heteroatoms. The second-order valence-electron chi connectivity index (χ2n) is 7.70. The second kappa shape index (κ2) is 5.97. The largest absolute Gasteiger partial charge is 0.390 e. The van der Waals surface area contributed by atoms with Gasteiger partial charge >= 0.3 is 0 Å². The summed E-state index contributed by atoms with van der Waals surface area (Å²) in [5, 5.41) is 10.7. The molecule has 1 fully saturated rings. The summed E-state index contributed by atoms with van der Waals surface area (Å²) in [6, 6.07) is 6.72. The maximum atomic E-state index is 12.7. The third-order valence-corrected chi connectivity index (χ3v) is 7.09. The van der Waals surface area contributed by atoms with Crippen LogP contribution in [0.25, 0.3) is 0 Å². The Kier molecular flexibility index (Phi) is 4.39. The van der Waals surface area contributed by atoms with Gasteiger partial charge in [0.1, 0.15) is 0 Å². The molecule has 0 amide bonds. The smallest absolute Gasteiger partial charge is 0.297 e. The van der Waals surface area contributed by atoms with Crippen molar-refractivity contribution in [3.8, 4) is 0 Å². The van der Waals surface area contributed by atoms with Crippen molar-refractivity contribution in [2.24, 2.45) is 11.3 Å². The van der Waals surface area contributed by atoms with Crippen LogP contribution in [0.15, 0.2) is 41.3 Å². The average Bonchev–Trinajstić information content (AvgIpc) is 2.51. The van der Waals surface area contributed by atoms with Crippen molar-refractivity contribution in [1.29, 1.82) is 0 Å². The molecule has 2 aliphatic rings. The van der Waals surface area contributed by atoms with Crippen molar-refractivity contribution >= 4 is 10.1 Å². The van der Waals surface area contributed by atoms with E-state index in [2.05, 4.69) is 6.08 Å². The third kappa shape index (κ3) is 3.05. The van der Waals surface area contributed by atoms with E-state index in [-0.39, 0.29) is 16.2 Å². The molecular weight excluding hydrogens is 324 g/mol. The summed E-state index contributed by atoms with van der Waals surface area (Å²) in [7, 11) is -3.81. The van der Waals surface area contributed by atoms with E-state index < -0.39 is 21.8 Å². The summed E-state index contributed by atoms with van der Waals surface area (Å²) < 4.78 is 31.1. The number of rotatable bonds is 3. The van der Waals surface area contributed by atoms with Gasteiger partial charge in [0, 0.05) is 11.3 Å². The molecule has 0 aliphatic heterocycles. The van der Waals surface area contributed by atoms with Gasteiger partial charge in [-0.25, -0.2) is 0 Å². The Balaban J connectivity index is 1.89. The molecule has 4 nitrogen and oxygen atoms in total. The minimum absolute atomic E-state index is 0.0919. The summed E-state index contributed by atoms with van der Waals surface area (Å²) in [5.41, 5.74) is -0.194. The van der Waals surface area contributed by atoms with Gasteiger partial charge in [-0.3, -0.25) is 4.18 Å². The van der Waals surface area contributed by atoms with E-state index in [0.717, 1.165) is 18.4 Å². The Hall–Kier alpha value is -1.17. The molecule has 24 heavy (non-hydrogen) atoms. The van der Waals surface area contributed by atoms with Crippen LogP contribution in [0.5, 0.6) is 0 Å². The van der Waals surface area contributed by atoms with E-state index in [9.17, 15) is 13.5 Å². The minimum atomic E-state index is -3.81.